The van der Waals surface area contributed by atoms with Crippen molar-refractivity contribution in [1.29, 1.82) is 0 Å². The monoisotopic (exact) mass is 506 g/mol. The molecular formula is C27H25F3N6O. The van der Waals surface area contributed by atoms with E-state index in [1.807, 2.05) is 6.07 Å². The lowest BCUT2D eigenvalue weighted by Crippen LogP contribution is -2.22. The van der Waals surface area contributed by atoms with Crippen LogP contribution in [0.3, 0.4) is 0 Å². The highest BCUT2D eigenvalue weighted by Crippen LogP contribution is 2.49. The van der Waals surface area contributed by atoms with Gasteiger partial charge >= 0.3 is 0 Å². The van der Waals surface area contributed by atoms with Crippen LogP contribution in [0.25, 0.3) is 22.5 Å². The molecule has 10 heteroatoms. The molecule has 1 saturated carbocycles. The number of anilines is 1. The quantitative estimate of drug-likeness (QED) is 0.433. The van der Waals surface area contributed by atoms with E-state index in [1.54, 1.807) is 33.2 Å². The first-order valence-corrected chi connectivity index (χ1v) is 12.1. The summed E-state index contributed by atoms with van der Waals surface area (Å²) in [6.07, 6.45) is 0.950. The van der Waals surface area contributed by atoms with Crippen molar-refractivity contribution in [2.75, 3.05) is 5.32 Å². The molecule has 4 aliphatic rings. The summed E-state index contributed by atoms with van der Waals surface area (Å²) in [5, 5.41) is 3.67. The van der Waals surface area contributed by atoms with Gasteiger partial charge in [-0.1, -0.05) is 18.2 Å². The minimum absolute atomic E-state index is 0.0149. The van der Waals surface area contributed by atoms with Crippen LogP contribution in [-0.2, 0) is 13.6 Å². The van der Waals surface area contributed by atoms with E-state index in [4.69, 9.17) is 9.98 Å². The SMILES string of the molecule is Cc1nc2n3c(c(-c4ccc(=O)n(C)c4)cc-2c(=NC(C)c2cccc(C(F)F)c2F)n1)NC1(CC1)C3. The fourth-order valence-corrected chi connectivity index (χ4v) is 5.05. The maximum Gasteiger partial charge on any atom is 0.266 e. The minimum Gasteiger partial charge on any atom is -0.364 e. The minimum atomic E-state index is -2.92. The molecule has 2 aromatic rings. The fourth-order valence-electron chi connectivity index (χ4n) is 5.05. The van der Waals surface area contributed by atoms with Crippen molar-refractivity contribution in [3.8, 4) is 22.5 Å². The van der Waals surface area contributed by atoms with Crippen molar-refractivity contribution < 1.29 is 13.2 Å². The van der Waals surface area contributed by atoms with Gasteiger partial charge in [-0.15, -0.1) is 0 Å². The number of hydrogen-bond donors (Lipinski definition) is 1. The van der Waals surface area contributed by atoms with Crippen molar-refractivity contribution in [2.45, 2.75) is 51.2 Å². The maximum atomic E-state index is 14.9. The third kappa shape index (κ3) is 3.91. The number of nitrogens with one attached hydrogen (secondary N) is 1. The number of rotatable bonds is 4. The largest absolute Gasteiger partial charge is 0.364 e. The Morgan fingerprint density at radius 3 is 2.57 bits per heavy atom. The molecule has 1 aromatic carbocycles. The van der Waals surface area contributed by atoms with Crippen LogP contribution in [0.5, 0.6) is 0 Å². The second-order valence-electron chi connectivity index (χ2n) is 9.95. The first-order chi connectivity index (χ1) is 17.7. The van der Waals surface area contributed by atoms with Crippen molar-refractivity contribution in [3.05, 3.63) is 81.2 Å². The Labute approximate surface area is 210 Å². The fraction of sp³-hybridized carbons (Fsp3) is 0.333. The smallest absolute Gasteiger partial charge is 0.266 e. The molecule has 1 aromatic heterocycles. The third-order valence-corrected chi connectivity index (χ3v) is 7.24. The van der Waals surface area contributed by atoms with Gasteiger partial charge < -0.3 is 14.5 Å². The van der Waals surface area contributed by atoms with Crippen LogP contribution >= 0.6 is 0 Å². The van der Waals surface area contributed by atoms with Crippen molar-refractivity contribution >= 4 is 5.82 Å². The summed E-state index contributed by atoms with van der Waals surface area (Å²) in [6.45, 7) is 4.16. The van der Waals surface area contributed by atoms with Crippen molar-refractivity contribution in [1.82, 2.24) is 19.1 Å². The van der Waals surface area contributed by atoms with Crippen LogP contribution in [0.15, 0.2) is 52.4 Å². The first-order valence-electron chi connectivity index (χ1n) is 12.1. The molecule has 0 amide bonds. The van der Waals surface area contributed by atoms with E-state index in [1.165, 1.54) is 22.8 Å². The Bertz CT molecular complexity index is 1650. The van der Waals surface area contributed by atoms with Gasteiger partial charge in [0.2, 0.25) is 5.56 Å². The van der Waals surface area contributed by atoms with Crippen LogP contribution in [0.4, 0.5) is 19.0 Å². The Morgan fingerprint density at radius 2 is 1.86 bits per heavy atom. The molecule has 7 nitrogen and oxygen atoms in total. The lowest BCUT2D eigenvalue weighted by Gasteiger charge is -2.18. The number of aryl methyl sites for hydroxylation is 2. The molecule has 190 valence electrons. The average molecular weight is 507 g/mol. The van der Waals surface area contributed by atoms with Gasteiger partial charge in [0.1, 0.15) is 23.3 Å². The van der Waals surface area contributed by atoms with E-state index in [2.05, 4.69) is 14.9 Å². The Kier molecular flexibility index (Phi) is 5.25. The summed E-state index contributed by atoms with van der Waals surface area (Å²) >= 11 is 0. The molecule has 1 aliphatic carbocycles. The van der Waals surface area contributed by atoms with Gasteiger partial charge in [0, 0.05) is 42.5 Å². The Hall–Kier alpha value is -3.95. The second-order valence-corrected chi connectivity index (χ2v) is 9.95. The molecule has 1 fully saturated rings. The van der Waals surface area contributed by atoms with Gasteiger partial charge in [-0.05, 0) is 38.8 Å². The topological polar surface area (TPSA) is 77.1 Å². The number of hydrogen-bond acceptors (Lipinski definition) is 5. The Balaban J connectivity index is 1.58. The number of alkyl halides is 2. The van der Waals surface area contributed by atoms with Crippen molar-refractivity contribution in [2.24, 2.45) is 12.0 Å². The summed E-state index contributed by atoms with van der Waals surface area (Å²) in [5.74, 6) is 1.16. The van der Waals surface area contributed by atoms with Gasteiger partial charge in [0.05, 0.1) is 22.7 Å². The lowest BCUT2D eigenvalue weighted by molar-refractivity contribution is 0.146. The standard InChI is InChI=1S/C27H25F3N6O/c1-14(17-5-4-6-18(22(17)28)23(29)30)31-24-20-11-19(16-7-8-21(37)35(3)12-16)26-34-27(9-10-27)13-36(26)25(20)33-15(2)32-24/h4-8,11-12,14,23,34H,9-10,13H2,1-3H3. The van der Waals surface area contributed by atoms with E-state index in [0.717, 1.165) is 42.4 Å². The van der Waals surface area contributed by atoms with Crippen LogP contribution in [-0.4, -0.2) is 24.6 Å². The summed E-state index contributed by atoms with van der Waals surface area (Å²) in [5.41, 5.74) is 2.03. The number of pyridine rings is 2. The van der Waals surface area contributed by atoms with Gasteiger partial charge in [0.25, 0.3) is 6.43 Å². The van der Waals surface area contributed by atoms with Crippen LogP contribution in [0.2, 0.25) is 0 Å². The molecule has 0 radical (unpaired) electrons. The van der Waals surface area contributed by atoms with E-state index in [0.29, 0.717) is 22.7 Å². The van der Waals surface area contributed by atoms with Crippen LogP contribution in [0.1, 0.15) is 49.2 Å². The summed E-state index contributed by atoms with van der Waals surface area (Å²) in [4.78, 5) is 26.0. The molecule has 37 heavy (non-hydrogen) atoms. The molecule has 1 atom stereocenters. The molecule has 3 aliphatic heterocycles. The summed E-state index contributed by atoms with van der Waals surface area (Å²) < 4.78 is 45.1. The van der Waals surface area contributed by atoms with Gasteiger partial charge in [-0.25, -0.2) is 23.1 Å². The zero-order chi connectivity index (χ0) is 26.1. The maximum absolute atomic E-state index is 14.9. The zero-order valence-electron chi connectivity index (χ0n) is 20.6. The molecule has 1 spiro atoms. The number of aromatic nitrogens is 4. The van der Waals surface area contributed by atoms with Gasteiger partial charge in [-0.2, -0.15) is 0 Å². The lowest BCUT2D eigenvalue weighted by atomic mass is 10.0. The molecule has 6 rings (SSSR count). The molecule has 0 saturated heterocycles. The molecule has 1 unspecified atom stereocenters. The zero-order valence-corrected chi connectivity index (χ0v) is 20.6. The number of halogens is 3. The van der Waals surface area contributed by atoms with E-state index >= 15 is 0 Å². The number of benzene rings is 1. The van der Waals surface area contributed by atoms with Crippen LogP contribution < -0.4 is 16.4 Å². The molecule has 1 N–H and O–H groups in total. The highest BCUT2D eigenvalue weighted by atomic mass is 19.3. The average Bonchev–Trinajstić information content (AvgIpc) is 3.49. The Morgan fingerprint density at radius 1 is 1.11 bits per heavy atom. The molecular weight excluding hydrogens is 481 g/mol. The predicted molar refractivity (Wildman–Crippen MR) is 133 cm³/mol. The first kappa shape index (κ1) is 23.4. The molecule has 0 bridgehead atoms. The van der Waals surface area contributed by atoms with Gasteiger partial charge in [0.15, 0.2) is 5.49 Å². The highest BCUT2D eigenvalue weighted by molar-refractivity contribution is 5.83. The predicted octanol–water partition coefficient (Wildman–Crippen LogP) is 4.75. The van der Waals surface area contributed by atoms with E-state index in [9.17, 15) is 18.0 Å². The van der Waals surface area contributed by atoms with E-state index < -0.39 is 23.8 Å². The van der Waals surface area contributed by atoms with Crippen LogP contribution in [0, 0.1) is 12.7 Å². The third-order valence-electron chi connectivity index (χ3n) is 7.24. The molecule has 4 heterocycles. The van der Waals surface area contributed by atoms with E-state index in [-0.39, 0.29) is 16.7 Å². The highest BCUT2D eigenvalue weighted by Gasteiger charge is 2.49. The second kappa shape index (κ2) is 8.29. The van der Waals surface area contributed by atoms with Gasteiger partial charge in [-0.3, -0.25) is 9.79 Å². The number of nitrogens with zero attached hydrogens (tertiary/aromatic N) is 5. The number of fused-ring (bicyclic) bond motifs is 3. The van der Waals surface area contributed by atoms with Crippen molar-refractivity contribution in [3.63, 3.8) is 0 Å². The normalized spacial score (nSPS) is 16.9. The summed E-state index contributed by atoms with van der Waals surface area (Å²) in [6, 6.07) is 8.45. The summed E-state index contributed by atoms with van der Waals surface area (Å²) in [7, 11) is 1.70.